The molecule has 1 spiro atoms. The summed E-state index contributed by atoms with van der Waals surface area (Å²) in [6.45, 7) is 0.458. The number of piperidine rings is 1. The minimum absolute atomic E-state index is 0.0902. The molecule has 4 fully saturated rings. The van der Waals surface area contributed by atoms with Crippen LogP contribution in [0.1, 0.15) is 68.9 Å². The number of nitrogens with zero attached hydrogens (tertiary/aromatic N) is 3. The van der Waals surface area contributed by atoms with E-state index in [1.165, 1.54) is 51.4 Å². The Morgan fingerprint density at radius 1 is 1.23 bits per heavy atom. The first-order valence-electron chi connectivity index (χ1n) is 8.70. The van der Waals surface area contributed by atoms with Gasteiger partial charge in [-0.2, -0.15) is 5.10 Å². The van der Waals surface area contributed by atoms with Gasteiger partial charge >= 0.3 is 6.03 Å². The number of urea groups is 1. The van der Waals surface area contributed by atoms with Crippen molar-refractivity contribution in [1.82, 2.24) is 25.4 Å². The number of nitrogens with one attached hydrogen (secondary N) is 2. The molecule has 1 aromatic rings. The summed E-state index contributed by atoms with van der Waals surface area (Å²) in [5.74, 6) is 2.24. The second kappa shape index (κ2) is 4.46. The second-order valence-corrected chi connectivity index (χ2v) is 7.77. The summed E-state index contributed by atoms with van der Waals surface area (Å²) in [6, 6.07) is 1.03. The van der Waals surface area contributed by atoms with Crippen molar-refractivity contribution in [2.24, 2.45) is 5.41 Å². The van der Waals surface area contributed by atoms with Crippen LogP contribution in [0, 0.1) is 5.41 Å². The zero-order valence-electron chi connectivity index (χ0n) is 12.8. The number of amides is 2. The number of carbonyl (C=O) groups is 1. The first-order chi connectivity index (χ1) is 10.7. The molecule has 5 rings (SSSR count). The van der Waals surface area contributed by atoms with Crippen molar-refractivity contribution >= 4 is 6.03 Å². The van der Waals surface area contributed by atoms with Gasteiger partial charge in [-0.15, -0.1) is 0 Å². The van der Waals surface area contributed by atoms with Gasteiger partial charge in [0.2, 0.25) is 0 Å². The van der Waals surface area contributed by atoms with Crippen molar-refractivity contribution in [3.05, 3.63) is 11.6 Å². The zero-order chi connectivity index (χ0) is 14.7. The van der Waals surface area contributed by atoms with Gasteiger partial charge in [-0.25, -0.2) is 9.78 Å². The molecular formula is C16H23N5O. The lowest BCUT2D eigenvalue weighted by Gasteiger charge is -2.39. The predicted octanol–water partition coefficient (Wildman–Crippen LogP) is 2.30. The largest absolute Gasteiger partial charge is 0.331 e. The summed E-state index contributed by atoms with van der Waals surface area (Å²) in [7, 11) is 0. The number of aromatic amines is 1. The molecule has 2 aliphatic heterocycles. The Morgan fingerprint density at radius 2 is 1.95 bits per heavy atom. The first-order valence-corrected chi connectivity index (χ1v) is 8.70. The molecule has 2 saturated heterocycles. The summed E-state index contributed by atoms with van der Waals surface area (Å²) in [5.41, 5.74) is 0.618. The Kier molecular flexibility index (Phi) is 2.62. The van der Waals surface area contributed by atoms with E-state index in [1.807, 2.05) is 0 Å². The van der Waals surface area contributed by atoms with Crippen molar-refractivity contribution in [3.8, 4) is 0 Å². The van der Waals surface area contributed by atoms with E-state index in [1.54, 1.807) is 0 Å². The summed E-state index contributed by atoms with van der Waals surface area (Å²) >= 11 is 0. The fourth-order valence-corrected chi connectivity index (χ4v) is 4.53. The average molecular weight is 301 g/mol. The van der Waals surface area contributed by atoms with Crippen LogP contribution in [0.3, 0.4) is 0 Å². The molecule has 6 heteroatoms. The van der Waals surface area contributed by atoms with Crippen LogP contribution in [-0.2, 0) is 6.54 Å². The number of fused-ring (bicyclic) bond motifs is 2. The van der Waals surface area contributed by atoms with E-state index in [0.29, 0.717) is 30.0 Å². The van der Waals surface area contributed by atoms with Gasteiger partial charge in [0.25, 0.3) is 0 Å². The maximum absolute atomic E-state index is 12.6. The molecule has 2 bridgehead atoms. The van der Waals surface area contributed by atoms with Crippen molar-refractivity contribution in [1.29, 1.82) is 0 Å². The maximum atomic E-state index is 12.6. The molecule has 1 aromatic heterocycles. The third kappa shape index (κ3) is 2.11. The molecule has 2 saturated carbocycles. The first kappa shape index (κ1) is 12.9. The fourth-order valence-electron chi connectivity index (χ4n) is 4.53. The topological polar surface area (TPSA) is 73.9 Å². The number of aromatic nitrogens is 3. The minimum atomic E-state index is 0.0902. The monoisotopic (exact) mass is 301 g/mol. The fraction of sp³-hybridized carbons (Fsp3) is 0.812. The predicted molar refractivity (Wildman–Crippen MR) is 80.1 cm³/mol. The third-order valence-corrected chi connectivity index (χ3v) is 6.05. The van der Waals surface area contributed by atoms with E-state index < -0.39 is 0 Å². The van der Waals surface area contributed by atoms with E-state index in [2.05, 4.69) is 25.4 Å². The molecule has 22 heavy (non-hydrogen) atoms. The third-order valence-electron chi connectivity index (χ3n) is 6.05. The molecule has 0 aromatic carbocycles. The van der Waals surface area contributed by atoms with E-state index in [-0.39, 0.29) is 6.03 Å². The Hall–Kier alpha value is -1.59. The standard InChI is InChI=1S/C16H23N5O/c22-15(17-9-13-18-14(20-19-13)10-1-2-10)21-11-3-4-12(21)8-16(7-11)5-6-16/h10-12H,1-9H2,(H,17,22)(H,18,19,20). The van der Waals surface area contributed by atoms with Crippen LogP contribution in [0.15, 0.2) is 0 Å². The van der Waals surface area contributed by atoms with E-state index in [0.717, 1.165) is 11.6 Å². The molecule has 2 unspecified atom stereocenters. The molecule has 118 valence electrons. The van der Waals surface area contributed by atoms with E-state index in [9.17, 15) is 4.79 Å². The molecule has 6 nitrogen and oxygen atoms in total. The Bertz CT molecular complexity index is 587. The van der Waals surface area contributed by atoms with Gasteiger partial charge in [0.1, 0.15) is 5.82 Å². The summed E-state index contributed by atoms with van der Waals surface area (Å²) in [6.07, 6.45) is 10.00. The average Bonchev–Trinajstić information content (AvgIpc) is 3.42. The quantitative estimate of drug-likeness (QED) is 0.899. The van der Waals surface area contributed by atoms with Crippen molar-refractivity contribution in [2.75, 3.05) is 0 Å². The molecule has 3 heterocycles. The smallest absolute Gasteiger partial charge is 0.318 e. The van der Waals surface area contributed by atoms with Crippen molar-refractivity contribution in [2.45, 2.75) is 75.9 Å². The molecular weight excluding hydrogens is 278 g/mol. The number of hydrogen-bond acceptors (Lipinski definition) is 3. The lowest BCUT2D eigenvalue weighted by molar-refractivity contribution is 0.113. The highest BCUT2D eigenvalue weighted by atomic mass is 16.2. The van der Waals surface area contributed by atoms with Gasteiger partial charge in [0, 0.05) is 18.0 Å². The summed E-state index contributed by atoms with van der Waals surface area (Å²) in [5, 5.41) is 10.2. The van der Waals surface area contributed by atoms with Crippen LogP contribution in [-0.4, -0.2) is 38.2 Å². The normalized spacial score (nSPS) is 31.5. The van der Waals surface area contributed by atoms with Crippen molar-refractivity contribution < 1.29 is 4.79 Å². The molecule has 2 aliphatic carbocycles. The highest BCUT2D eigenvalue weighted by Crippen LogP contribution is 2.59. The molecule has 0 radical (unpaired) electrons. The van der Waals surface area contributed by atoms with Crippen LogP contribution in [0.4, 0.5) is 4.79 Å². The van der Waals surface area contributed by atoms with Crippen LogP contribution in [0.5, 0.6) is 0 Å². The molecule has 2 atom stereocenters. The number of H-pyrrole nitrogens is 1. The zero-order valence-corrected chi connectivity index (χ0v) is 12.8. The van der Waals surface area contributed by atoms with E-state index >= 15 is 0 Å². The van der Waals surface area contributed by atoms with Crippen LogP contribution in [0.25, 0.3) is 0 Å². The van der Waals surface area contributed by atoms with Gasteiger partial charge < -0.3 is 10.2 Å². The number of carbonyl (C=O) groups excluding carboxylic acids is 1. The molecule has 4 aliphatic rings. The van der Waals surface area contributed by atoms with Gasteiger partial charge in [0.15, 0.2) is 5.82 Å². The summed E-state index contributed by atoms with van der Waals surface area (Å²) in [4.78, 5) is 19.2. The van der Waals surface area contributed by atoms with Gasteiger partial charge in [-0.1, -0.05) is 0 Å². The van der Waals surface area contributed by atoms with Crippen LogP contribution in [0.2, 0.25) is 0 Å². The molecule has 2 amide bonds. The highest BCUT2D eigenvalue weighted by Gasteiger charge is 2.55. The minimum Gasteiger partial charge on any atom is -0.331 e. The SMILES string of the molecule is O=C(NCc1nc(C2CC2)n[nH]1)N1C2CCC1CC1(CC1)C2. The van der Waals surface area contributed by atoms with E-state index in [4.69, 9.17) is 0 Å². The van der Waals surface area contributed by atoms with Crippen molar-refractivity contribution in [3.63, 3.8) is 0 Å². The second-order valence-electron chi connectivity index (χ2n) is 7.77. The Labute approximate surface area is 130 Å². The van der Waals surface area contributed by atoms with Gasteiger partial charge in [-0.3, -0.25) is 5.10 Å². The number of rotatable bonds is 3. The lowest BCUT2D eigenvalue weighted by Crippen LogP contribution is -2.51. The summed E-state index contributed by atoms with van der Waals surface area (Å²) < 4.78 is 0. The van der Waals surface area contributed by atoms with Gasteiger partial charge in [-0.05, 0) is 56.8 Å². The maximum Gasteiger partial charge on any atom is 0.318 e. The van der Waals surface area contributed by atoms with Crippen LogP contribution < -0.4 is 5.32 Å². The van der Waals surface area contributed by atoms with Gasteiger partial charge in [0.05, 0.1) is 6.54 Å². The molecule has 2 N–H and O–H groups in total. The Morgan fingerprint density at radius 3 is 2.59 bits per heavy atom. The lowest BCUT2D eigenvalue weighted by atomic mass is 9.88. The highest BCUT2D eigenvalue weighted by molar-refractivity contribution is 5.75. The van der Waals surface area contributed by atoms with Crippen LogP contribution >= 0.6 is 0 Å². The number of hydrogen-bond donors (Lipinski definition) is 2. The Balaban J connectivity index is 1.21.